The zero-order chi connectivity index (χ0) is 13.6. The van der Waals surface area contributed by atoms with Crippen molar-refractivity contribution in [3.05, 3.63) is 24.3 Å². The van der Waals surface area contributed by atoms with E-state index in [1.54, 1.807) is 24.3 Å². The van der Waals surface area contributed by atoms with Gasteiger partial charge in [-0.3, -0.25) is 4.18 Å². The van der Waals surface area contributed by atoms with Gasteiger partial charge >= 0.3 is 0 Å². The van der Waals surface area contributed by atoms with E-state index in [1.807, 2.05) is 4.90 Å². The first-order chi connectivity index (χ1) is 8.42. The molecule has 0 aliphatic carbocycles. The number of hydrogen-bond donors (Lipinski definition) is 1. The molecule has 0 heterocycles. The van der Waals surface area contributed by atoms with Gasteiger partial charge in [-0.05, 0) is 24.3 Å². The maximum Gasteiger partial charge on any atom is 0.264 e. The van der Waals surface area contributed by atoms with E-state index in [-0.39, 0.29) is 12.4 Å². The molecule has 0 spiro atoms. The largest absolute Gasteiger partial charge is 0.508 e. The number of phenolic OH excluding ortho intramolecular Hbond substituents is 1. The highest BCUT2D eigenvalue weighted by Gasteiger charge is 2.08. The van der Waals surface area contributed by atoms with Gasteiger partial charge in [-0.2, -0.15) is 8.42 Å². The van der Waals surface area contributed by atoms with Crippen LogP contribution in [0.15, 0.2) is 24.3 Å². The highest BCUT2D eigenvalue weighted by atomic mass is 35.5. The van der Waals surface area contributed by atoms with E-state index < -0.39 is 10.1 Å². The molecule has 0 aliphatic heterocycles. The second-order valence-corrected chi connectivity index (χ2v) is 5.74. The van der Waals surface area contributed by atoms with Crippen molar-refractivity contribution in [3.63, 3.8) is 0 Å². The van der Waals surface area contributed by atoms with Crippen LogP contribution in [0, 0.1) is 0 Å². The Balaban J connectivity index is 2.62. The molecule has 1 aromatic carbocycles. The van der Waals surface area contributed by atoms with E-state index >= 15 is 0 Å². The van der Waals surface area contributed by atoms with E-state index in [0.29, 0.717) is 19.0 Å². The Kier molecular flexibility index (Phi) is 5.71. The Hall–Kier alpha value is -0.980. The molecule has 0 amide bonds. The van der Waals surface area contributed by atoms with Crippen molar-refractivity contribution in [2.24, 2.45) is 0 Å². The van der Waals surface area contributed by atoms with Gasteiger partial charge in [0.1, 0.15) is 5.75 Å². The van der Waals surface area contributed by atoms with Crippen LogP contribution in [-0.2, 0) is 14.3 Å². The molecule has 0 unspecified atom stereocenters. The number of aromatic hydroxyl groups is 1. The van der Waals surface area contributed by atoms with E-state index in [9.17, 15) is 13.5 Å². The summed E-state index contributed by atoms with van der Waals surface area (Å²) in [6.07, 6.45) is 1.01. The van der Waals surface area contributed by atoms with Crippen LogP contribution < -0.4 is 4.90 Å². The van der Waals surface area contributed by atoms with Crippen molar-refractivity contribution >= 4 is 27.4 Å². The summed E-state index contributed by atoms with van der Waals surface area (Å²) in [5.74, 6) is 0.594. The number of rotatable bonds is 7. The zero-order valence-corrected chi connectivity index (χ0v) is 11.6. The maximum absolute atomic E-state index is 10.9. The minimum Gasteiger partial charge on any atom is -0.508 e. The monoisotopic (exact) mass is 293 g/mol. The molecule has 0 saturated heterocycles. The molecule has 1 rings (SSSR count). The van der Waals surface area contributed by atoms with Gasteiger partial charge in [0.25, 0.3) is 10.1 Å². The van der Waals surface area contributed by atoms with Gasteiger partial charge in [0.05, 0.1) is 12.9 Å². The van der Waals surface area contributed by atoms with Crippen LogP contribution in [0.1, 0.15) is 0 Å². The fourth-order valence-corrected chi connectivity index (χ4v) is 2.02. The number of anilines is 1. The lowest BCUT2D eigenvalue weighted by Crippen LogP contribution is -2.30. The molecule has 0 aromatic heterocycles. The number of phenols is 1. The Labute approximate surface area is 112 Å². The summed E-state index contributed by atoms with van der Waals surface area (Å²) in [4.78, 5) is 1.89. The van der Waals surface area contributed by atoms with Crippen molar-refractivity contribution < 1.29 is 17.7 Å². The van der Waals surface area contributed by atoms with E-state index in [4.69, 9.17) is 11.6 Å². The van der Waals surface area contributed by atoms with Gasteiger partial charge < -0.3 is 10.0 Å². The van der Waals surface area contributed by atoms with Crippen LogP contribution >= 0.6 is 11.6 Å². The lowest BCUT2D eigenvalue weighted by molar-refractivity contribution is 0.328. The van der Waals surface area contributed by atoms with E-state index in [0.717, 1.165) is 11.9 Å². The number of hydrogen-bond acceptors (Lipinski definition) is 5. The molecule has 18 heavy (non-hydrogen) atoms. The average Bonchev–Trinajstić information content (AvgIpc) is 2.27. The Morgan fingerprint density at radius 2 is 1.89 bits per heavy atom. The van der Waals surface area contributed by atoms with Crippen LogP contribution in [0.2, 0.25) is 0 Å². The van der Waals surface area contributed by atoms with Gasteiger partial charge in [-0.25, -0.2) is 0 Å². The first-order valence-electron chi connectivity index (χ1n) is 5.37. The third-order valence-corrected chi connectivity index (χ3v) is 2.99. The predicted octanol–water partition coefficient (Wildman–Crippen LogP) is 1.41. The van der Waals surface area contributed by atoms with E-state index in [2.05, 4.69) is 4.18 Å². The van der Waals surface area contributed by atoms with Crippen LogP contribution in [0.25, 0.3) is 0 Å². The quantitative estimate of drug-likeness (QED) is 0.608. The third kappa shape index (κ3) is 5.57. The van der Waals surface area contributed by atoms with Crippen LogP contribution in [0.3, 0.4) is 0 Å². The number of nitrogens with zero attached hydrogens (tertiary/aromatic N) is 1. The molecule has 1 N–H and O–H groups in total. The van der Waals surface area contributed by atoms with Gasteiger partial charge in [0.15, 0.2) is 0 Å². The average molecular weight is 294 g/mol. The highest BCUT2D eigenvalue weighted by molar-refractivity contribution is 7.85. The Morgan fingerprint density at radius 1 is 1.28 bits per heavy atom. The number of benzene rings is 1. The van der Waals surface area contributed by atoms with Gasteiger partial charge in [-0.1, -0.05) is 0 Å². The highest BCUT2D eigenvalue weighted by Crippen LogP contribution is 2.18. The molecular formula is C11H16ClNO4S. The number of alkyl halides is 1. The summed E-state index contributed by atoms with van der Waals surface area (Å²) >= 11 is 5.70. The second kappa shape index (κ2) is 6.82. The van der Waals surface area contributed by atoms with Gasteiger partial charge in [-0.15, -0.1) is 11.6 Å². The van der Waals surface area contributed by atoms with Crippen molar-refractivity contribution in [3.8, 4) is 5.75 Å². The normalized spacial score (nSPS) is 11.4. The lowest BCUT2D eigenvalue weighted by atomic mass is 10.2. The van der Waals surface area contributed by atoms with Crippen LogP contribution in [-0.4, -0.2) is 45.4 Å². The van der Waals surface area contributed by atoms with Crippen molar-refractivity contribution in [1.82, 2.24) is 0 Å². The summed E-state index contributed by atoms with van der Waals surface area (Å²) in [5, 5.41) is 9.20. The minimum absolute atomic E-state index is 0.0661. The van der Waals surface area contributed by atoms with Gasteiger partial charge in [0.2, 0.25) is 0 Å². The van der Waals surface area contributed by atoms with Crippen molar-refractivity contribution in [1.29, 1.82) is 0 Å². The first kappa shape index (κ1) is 15.1. The molecule has 0 radical (unpaired) electrons. The molecule has 7 heteroatoms. The molecule has 0 bridgehead atoms. The summed E-state index contributed by atoms with van der Waals surface area (Å²) < 4.78 is 26.4. The Morgan fingerprint density at radius 3 is 2.39 bits per heavy atom. The zero-order valence-electron chi connectivity index (χ0n) is 10.0. The molecule has 0 atom stereocenters. The first-order valence-corrected chi connectivity index (χ1v) is 7.72. The standard InChI is InChI=1S/C11H16ClNO4S/c1-18(15,16)17-9-8-13(7-6-12)10-2-4-11(14)5-3-10/h2-5,14H,6-9H2,1H3. The molecule has 0 fully saturated rings. The summed E-state index contributed by atoms with van der Waals surface area (Å²) in [6.45, 7) is 1.04. The molecule has 1 aromatic rings. The molecule has 0 saturated carbocycles. The lowest BCUT2D eigenvalue weighted by Gasteiger charge is -2.23. The smallest absolute Gasteiger partial charge is 0.264 e. The van der Waals surface area contributed by atoms with Crippen LogP contribution in [0.4, 0.5) is 5.69 Å². The maximum atomic E-state index is 10.9. The molecular weight excluding hydrogens is 278 g/mol. The summed E-state index contributed by atoms with van der Waals surface area (Å²) in [5.41, 5.74) is 0.852. The minimum atomic E-state index is -3.42. The van der Waals surface area contributed by atoms with Crippen molar-refractivity contribution in [2.45, 2.75) is 0 Å². The predicted molar refractivity (Wildman–Crippen MR) is 71.8 cm³/mol. The Bertz CT molecular complexity index is 460. The van der Waals surface area contributed by atoms with Gasteiger partial charge in [0, 0.05) is 24.7 Å². The molecule has 102 valence electrons. The fraction of sp³-hybridized carbons (Fsp3) is 0.455. The third-order valence-electron chi connectivity index (χ3n) is 2.23. The second-order valence-electron chi connectivity index (χ2n) is 3.72. The fourth-order valence-electron chi connectivity index (χ4n) is 1.43. The SMILES string of the molecule is CS(=O)(=O)OCCN(CCCl)c1ccc(O)cc1. The van der Waals surface area contributed by atoms with Crippen LogP contribution in [0.5, 0.6) is 5.75 Å². The van der Waals surface area contributed by atoms with Crippen molar-refractivity contribution in [2.75, 3.05) is 36.7 Å². The number of halogens is 1. The topological polar surface area (TPSA) is 66.8 Å². The molecule has 5 nitrogen and oxygen atoms in total. The summed E-state index contributed by atoms with van der Waals surface area (Å²) in [6, 6.07) is 6.60. The molecule has 0 aliphatic rings. The van der Waals surface area contributed by atoms with E-state index in [1.165, 1.54) is 0 Å². The summed E-state index contributed by atoms with van der Waals surface area (Å²) in [7, 11) is -3.42.